The van der Waals surface area contributed by atoms with E-state index in [1.54, 1.807) is 6.07 Å². The molecule has 1 aromatic rings. The molecule has 1 aliphatic carbocycles. The molecule has 2 rings (SSSR count). The smallest absolute Gasteiger partial charge is 0.339 e. The Labute approximate surface area is 100 Å². The maximum absolute atomic E-state index is 11.5. The SMILES string of the molecule is COC(=O)C(O)c1c(OC)ccc2c1CCC2. The van der Waals surface area contributed by atoms with Gasteiger partial charge in [-0.05, 0) is 36.5 Å². The van der Waals surface area contributed by atoms with Crippen LogP contribution in [0.1, 0.15) is 29.2 Å². The molecule has 0 spiro atoms. The highest BCUT2D eigenvalue weighted by molar-refractivity contribution is 5.78. The summed E-state index contributed by atoms with van der Waals surface area (Å²) in [7, 11) is 2.80. The van der Waals surface area contributed by atoms with Crippen LogP contribution in [0.2, 0.25) is 0 Å². The van der Waals surface area contributed by atoms with Gasteiger partial charge >= 0.3 is 5.97 Å². The van der Waals surface area contributed by atoms with Crippen molar-refractivity contribution in [2.45, 2.75) is 25.4 Å². The molecule has 17 heavy (non-hydrogen) atoms. The molecular weight excluding hydrogens is 220 g/mol. The van der Waals surface area contributed by atoms with Gasteiger partial charge < -0.3 is 14.6 Å². The van der Waals surface area contributed by atoms with Gasteiger partial charge in [-0.3, -0.25) is 0 Å². The number of esters is 1. The number of ether oxygens (including phenoxy) is 2. The van der Waals surface area contributed by atoms with Gasteiger partial charge in [-0.2, -0.15) is 0 Å². The third-order valence-electron chi connectivity index (χ3n) is 3.20. The van der Waals surface area contributed by atoms with Crippen LogP contribution in [0.4, 0.5) is 0 Å². The normalized spacial score (nSPS) is 15.2. The number of carbonyl (C=O) groups excluding carboxylic acids is 1. The van der Waals surface area contributed by atoms with Crippen molar-refractivity contribution in [1.29, 1.82) is 0 Å². The molecule has 92 valence electrons. The zero-order valence-electron chi connectivity index (χ0n) is 10.0. The summed E-state index contributed by atoms with van der Waals surface area (Å²) in [6.45, 7) is 0. The highest BCUT2D eigenvalue weighted by Crippen LogP contribution is 2.36. The standard InChI is InChI=1S/C13H16O4/c1-16-10-7-6-8-4-3-5-9(8)11(10)12(14)13(15)17-2/h6-7,12,14H,3-5H2,1-2H3. The van der Waals surface area contributed by atoms with Crippen molar-refractivity contribution in [2.24, 2.45) is 0 Å². The number of fused-ring (bicyclic) bond motifs is 1. The second-order valence-corrected chi connectivity index (χ2v) is 4.10. The van der Waals surface area contributed by atoms with Crippen LogP contribution in [0, 0.1) is 0 Å². The molecule has 4 nitrogen and oxygen atoms in total. The zero-order chi connectivity index (χ0) is 12.4. The average Bonchev–Trinajstić information content (AvgIpc) is 2.83. The van der Waals surface area contributed by atoms with Crippen LogP contribution in [0.15, 0.2) is 12.1 Å². The van der Waals surface area contributed by atoms with Gasteiger partial charge in [0.25, 0.3) is 0 Å². The zero-order valence-corrected chi connectivity index (χ0v) is 10.0. The van der Waals surface area contributed by atoms with Crippen molar-refractivity contribution in [3.05, 3.63) is 28.8 Å². The molecule has 1 aliphatic rings. The fraction of sp³-hybridized carbons (Fsp3) is 0.462. The predicted molar refractivity (Wildman–Crippen MR) is 62.0 cm³/mol. The molecule has 0 saturated heterocycles. The molecule has 1 aromatic carbocycles. The van der Waals surface area contributed by atoms with E-state index in [0.29, 0.717) is 11.3 Å². The topological polar surface area (TPSA) is 55.8 Å². The van der Waals surface area contributed by atoms with E-state index in [2.05, 4.69) is 4.74 Å². The first kappa shape index (κ1) is 11.9. The minimum absolute atomic E-state index is 0.545. The van der Waals surface area contributed by atoms with Crippen molar-refractivity contribution < 1.29 is 19.4 Å². The van der Waals surface area contributed by atoms with Crippen LogP contribution < -0.4 is 4.74 Å². The Morgan fingerprint density at radius 2 is 2.12 bits per heavy atom. The number of benzene rings is 1. The van der Waals surface area contributed by atoms with Gasteiger partial charge in [-0.25, -0.2) is 4.79 Å². The monoisotopic (exact) mass is 236 g/mol. The van der Waals surface area contributed by atoms with Crippen LogP contribution in [0.3, 0.4) is 0 Å². The first-order valence-corrected chi connectivity index (χ1v) is 5.63. The van der Waals surface area contributed by atoms with Gasteiger partial charge in [-0.1, -0.05) is 6.07 Å². The van der Waals surface area contributed by atoms with Gasteiger partial charge in [-0.15, -0.1) is 0 Å². The molecule has 4 heteroatoms. The Hall–Kier alpha value is -1.55. The van der Waals surface area contributed by atoms with E-state index in [4.69, 9.17) is 4.74 Å². The fourth-order valence-corrected chi connectivity index (χ4v) is 2.38. The fourth-order valence-electron chi connectivity index (χ4n) is 2.38. The largest absolute Gasteiger partial charge is 0.496 e. The number of carbonyl (C=O) groups is 1. The van der Waals surface area contributed by atoms with Gasteiger partial charge in [0.15, 0.2) is 6.10 Å². The summed E-state index contributed by atoms with van der Waals surface area (Å²) in [5, 5.41) is 10.0. The number of aliphatic hydroxyl groups excluding tert-OH is 1. The first-order valence-electron chi connectivity index (χ1n) is 5.63. The molecule has 0 fully saturated rings. The Morgan fingerprint density at radius 1 is 1.35 bits per heavy atom. The lowest BCUT2D eigenvalue weighted by Gasteiger charge is -2.17. The van der Waals surface area contributed by atoms with Crippen LogP contribution in [0.25, 0.3) is 0 Å². The quantitative estimate of drug-likeness (QED) is 0.806. The van der Waals surface area contributed by atoms with Gasteiger partial charge in [0.05, 0.1) is 14.2 Å². The Balaban J connectivity index is 2.50. The predicted octanol–water partition coefficient (Wildman–Crippen LogP) is 1.39. The van der Waals surface area contributed by atoms with Gasteiger partial charge in [0.1, 0.15) is 5.75 Å². The maximum atomic E-state index is 11.5. The average molecular weight is 236 g/mol. The van der Waals surface area contributed by atoms with E-state index >= 15 is 0 Å². The molecule has 0 amide bonds. The van der Waals surface area contributed by atoms with Crippen LogP contribution in [-0.4, -0.2) is 25.3 Å². The van der Waals surface area contributed by atoms with E-state index in [-0.39, 0.29) is 0 Å². The number of hydrogen-bond donors (Lipinski definition) is 1. The second-order valence-electron chi connectivity index (χ2n) is 4.10. The minimum atomic E-state index is -1.26. The van der Waals surface area contributed by atoms with Crippen LogP contribution in [0.5, 0.6) is 5.75 Å². The molecular formula is C13H16O4. The molecule has 1 atom stereocenters. The molecule has 0 saturated carbocycles. The number of aryl methyl sites for hydroxylation is 1. The van der Waals surface area contributed by atoms with Gasteiger partial charge in [0.2, 0.25) is 0 Å². The summed E-state index contributed by atoms with van der Waals surface area (Å²) < 4.78 is 9.80. The highest BCUT2D eigenvalue weighted by Gasteiger charge is 2.28. The molecule has 0 aromatic heterocycles. The van der Waals surface area contributed by atoms with E-state index in [9.17, 15) is 9.90 Å². The number of rotatable bonds is 3. The summed E-state index contributed by atoms with van der Waals surface area (Å²) in [6.07, 6.45) is 1.64. The summed E-state index contributed by atoms with van der Waals surface area (Å²) in [6, 6.07) is 3.79. The summed E-state index contributed by atoms with van der Waals surface area (Å²) in [5.41, 5.74) is 2.78. The molecule has 1 N–H and O–H groups in total. The van der Waals surface area contributed by atoms with E-state index in [0.717, 1.165) is 24.8 Å². The van der Waals surface area contributed by atoms with Crippen molar-refractivity contribution in [3.63, 3.8) is 0 Å². The lowest BCUT2D eigenvalue weighted by Crippen LogP contribution is -2.16. The number of methoxy groups -OCH3 is 2. The van der Waals surface area contributed by atoms with Crippen molar-refractivity contribution in [2.75, 3.05) is 14.2 Å². The minimum Gasteiger partial charge on any atom is -0.496 e. The highest BCUT2D eigenvalue weighted by atomic mass is 16.5. The molecule has 0 heterocycles. The molecule has 0 aliphatic heterocycles. The molecule has 1 unspecified atom stereocenters. The van der Waals surface area contributed by atoms with Crippen molar-refractivity contribution in [1.82, 2.24) is 0 Å². The van der Waals surface area contributed by atoms with Gasteiger partial charge in [0, 0.05) is 5.56 Å². The molecule has 0 radical (unpaired) electrons. The summed E-state index contributed by atoms with van der Waals surface area (Å²) in [4.78, 5) is 11.5. The third kappa shape index (κ3) is 2.00. The van der Waals surface area contributed by atoms with E-state index in [1.807, 2.05) is 6.07 Å². The lowest BCUT2D eigenvalue weighted by atomic mass is 9.97. The molecule has 0 bridgehead atoms. The van der Waals surface area contributed by atoms with E-state index < -0.39 is 12.1 Å². The first-order chi connectivity index (χ1) is 8.19. The Bertz CT molecular complexity index is 439. The van der Waals surface area contributed by atoms with E-state index in [1.165, 1.54) is 19.8 Å². The maximum Gasteiger partial charge on any atom is 0.339 e. The lowest BCUT2D eigenvalue weighted by molar-refractivity contribution is -0.150. The number of aliphatic hydroxyl groups is 1. The third-order valence-corrected chi connectivity index (χ3v) is 3.20. The number of hydrogen-bond acceptors (Lipinski definition) is 4. The summed E-state index contributed by atoms with van der Waals surface area (Å²) in [5.74, 6) is -0.104. The summed E-state index contributed by atoms with van der Waals surface area (Å²) >= 11 is 0. The van der Waals surface area contributed by atoms with Crippen molar-refractivity contribution in [3.8, 4) is 5.75 Å². The van der Waals surface area contributed by atoms with Crippen molar-refractivity contribution >= 4 is 5.97 Å². The van der Waals surface area contributed by atoms with Crippen LogP contribution >= 0.6 is 0 Å². The Kier molecular flexibility index (Phi) is 3.33. The van der Waals surface area contributed by atoms with Crippen LogP contribution in [-0.2, 0) is 22.4 Å². The Morgan fingerprint density at radius 3 is 2.76 bits per heavy atom. The second kappa shape index (κ2) is 4.75.